The van der Waals surface area contributed by atoms with Crippen LogP contribution in [0, 0.1) is 12.8 Å². The Morgan fingerprint density at radius 1 is 1.09 bits per heavy atom. The first-order valence-electron chi connectivity index (χ1n) is 11.7. The topological polar surface area (TPSA) is 88.0 Å². The first kappa shape index (κ1) is 21.9. The highest BCUT2D eigenvalue weighted by atomic mass is 16.2. The molecule has 0 saturated carbocycles. The summed E-state index contributed by atoms with van der Waals surface area (Å²) in [5.41, 5.74) is 3.85. The molecule has 0 bridgehead atoms. The van der Waals surface area contributed by atoms with Gasteiger partial charge in [-0.15, -0.1) is 0 Å². The summed E-state index contributed by atoms with van der Waals surface area (Å²) in [5, 5.41) is 6.53. The van der Waals surface area contributed by atoms with Crippen LogP contribution in [0.25, 0.3) is 16.9 Å². The Morgan fingerprint density at radius 3 is 2.79 bits per heavy atom. The van der Waals surface area contributed by atoms with Crippen molar-refractivity contribution in [2.75, 3.05) is 23.7 Å². The molecule has 1 fully saturated rings. The maximum absolute atomic E-state index is 12.9. The Bertz CT molecular complexity index is 1300. The van der Waals surface area contributed by atoms with Gasteiger partial charge in [-0.3, -0.25) is 4.57 Å². The number of hydrogen-bond acceptors (Lipinski definition) is 5. The third-order valence-corrected chi connectivity index (χ3v) is 6.54. The average molecular weight is 456 g/mol. The molecule has 34 heavy (non-hydrogen) atoms. The molecule has 5 rings (SSSR count). The van der Waals surface area contributed by atoms with E-state index in [1.807, 2.05) is 71.0 Å². The number of piperidine rings is 1. The van der Waals surface area contributed by atoms with E-state index in [2.05, 4.69) is 27.5 Å². The van der Waals surface area contributed by atoms with E-state index < -0.39 is 0 Å². The molecule has 0 radical (unpaired) electrons. The van der Waals surface area contributed by atoms with E-state index in [4.69, 9.17) is 4.98 Å². The molecule has 4 aromatic rings. The summed E-state index contributed by atoms with van der Waals surface area (Å²) in [6.45, 7) is 5.59. The van der Waals surface area contributed by atoms with Crippen LogP contribution in [-0.2, 0) is 0 Å². The van der Waals surface area contributed by atoms with Crippen LogP contribution >= 0.6 is 0 Å². The van der Waals surface area contributed by atoms with Gasteiger partial charge < -0.3 is 15.5 Å². The smallest absolute Gasteiger partial charge is 0.321 e. The van der Waals surface area contributed by atoms with E-state index in [0.717, 1.165) is 47.5 Å². The zero-order valence-electron chi connectivity index (χ0n) is 19.5. The highest BCUT2D eigenvalue weighted by Gasteiger charge is 2.28. The Morgan fingerprint density at radius 2 is 1.91 bits per heavy atom. The van der Waals surface area contributed by atoms with Crippen LogP contribution < -0.4 is 10.6 Å². The van der Waals surface area contributed by atoms with Gasteiger partial charge in [-0.1, -0.05) is 30.3 Å². The van der Waals surface area contributed by atoms with Crippen molar-refractivity contribution in [3.63, 3.8) is 0 Å². The monoisotopic (exact) mass is 455 g/mol. The van der Waals surface area contributed by atoms with Gasteiger partial charge in [0.05, 0.1) is 11.0 Å². The number of nitrogens with zero attached hydrogens (tertiary/aromatic N) is 5. The molecular weight excluding hydrogens is 426 g/mol. The zero-order valence-corrected chi connectivity index (χ0v) is 19.5. The minimum atomic E-state index is -0.0450. The molecule has 2 aromatic carbocycles. The van der Waals surface area contributed by atoms with Gasteiger partial charge in [-0.25, -0.2) is 14.8 Å². The molecule has 2 aromatic heterocycles. The number of nitrogens with one attached hydrogen (secondary N) is 2. The first-order chi connectivity index (χ1) is 16.6. The van der Waals surface area contributed by atoms with Gasteiger partial charge in [0, 0.05) is 31.0 Å². The van der Waals surface area contributed by atoms with Crippen LogP contribution in [0.2, 0.25) is 0 Å². The molecule has 8 heteroatoms. The number of para-hydroxylation sites is 3. The minimum absolute atomic E-state index is 0.0450. The summed E-state index contributed by atoms with van der Waals surface area (Å²) in [6.07, 6.45) is 5.56. The number of carbonyl (C=O) groups excluding carboxylic acids is 1. The van der Waals surface area contributed by atoms with Crippen LogP contribution in [-0.4, -0.2) is 49.6 Å². The Balaban J connectivity index is 1.25. The molecule has 1 saturated heterocycles. The third-order valence-electron chi connectivity index (χ3n) is 6.54. The summed E-state index contributed by atoms with van der Waals surface area (Å²) in [5.74, 6) is 1.64. The third kappa shape index (κ3) is 4.57. The molecule has 2 amide bonds. The number of anilines is 2. The highest BCUT2D eigenvalue weighted by molar-refractivity contribution is 5.90. The minimum Gasteiger partial charge on any atom is -0.351 e. The van der Waals surface area contributed by atoms with Crippen LogP contribution in [0.3, 0.4) is 0 Å². The van der Waals surface area contributed by atoms with Crippen molar-refractivity contribution in [1.82, 2.24) is 24.4 Å². The molecule has 3 heterocycles. The van der Waals surface area contributed by atoms with Crippen molar-refractivity contribution in [2.45, 2.75) is 32.7 Å². The van der Waals surface area contributed by atoms with Gasteiger partial charge in [0.1, 0.15) is 12.1 Å². The van der Waals surface area contributed by atoms with Gasteiger partial charge in [-0.2, -0.15) is 4.98 Å². The van der Waals surface area contributed by atoms with Crippen molar-refractivity contribution in [3.8, 4) is 5.82 Å². The van der Waals surface area contributed by atoms with E-state index in [9.17, 15) is 4.79 Å². The number of urea groups is 1. The lowest BCUT2D eigenvalue weighted by molar-refractivity contribution is 0.172. The largest absolute Gasteiger partial charge is 0.351 e. The number of imidazole rings is 1. The van der Waals surface area contributed by atoms with Crippen molar-refractivity contribution >= 4 is 28.7 Å². The van der Waals surface area contributed by atoms with Crippen molar-refractivity contribution in [2.24, 2.45) is 5.92 Å². The fourth-order valence-corrected chi connectivity index (χ4v) is 4.53. The predicted molar refractivity (Wildman–Crippen MR) is 134 cm³/mol. The Hall–Kier alpha value is -3.94. The van der Waals surface area contributed by atoms with Crippen LogP contribution in [0.15, 0.2) is 67.1 Å². The molecule has 0 aliphatic carbocycles. The number of likely N-dealkylation sites (tertiary alicyclic amines) is 1. The average Bonchev–Trinajstić information content (AvgIpc) is 3.30. The van der Waals surface area contributed by atoms with Gasteiger partial charge in [-0.05, 0) is 62.4 Å². The van der Waals surface area contributed by atoms with Gasteiger partial charge in [0.25, 0.3) is 0 Å². The molecule has 2 unspecified atom stereocenters. The molecule has 0 spiro atoms. The van der Waals surface area contributed by atoms with Crippen molar-refractivity contribution in [3.05, 3.63) is 72.7 Å². The van der Waals surface area contributed by atoms with E-state index in [0.29, 0.717) is 18.4 Å². The van der Waals surface area contributed by atoms with Crippen molar-refractivity contribution in [1.29, 1.82) is 0 Å². The first-order valence-corrected chi connectivity index (χ1v) is 11.7. The summed E-state index contributed by atoms with van der Waals surface area (Å²) in [6, 6.07) is 17.8. The maximum atomic E-state index is 12.9. The summed E-state index contributed by atoms with van der Waals surface area (Å²) in [4.78, 5) is 28.4. The molecule has 2 N–H and O–H groups in total. The standard InChI is InChI=1S/C26H29N7O/c1-18-8-3-4-10-21(18)30-26(34)32-15-7-9-20(16-32)19(2)29-25-27-14-13-24(31-25)33-17-28-22-11-5-6-12-23(22)33/h3-6,8,10-14,17,19-20H,7,9,15-16H2,1-2H3,(H,30,34)(H,27,29,31). The van der Waals surface area contributed by atoms with Gasteiger partial charge >= 0.3 is 6.03 Å². The molecule has 2 atom stereocenters. The van der Waals surface area contributed by atoms with Crippen molar-refractivity contribution < 1.29 is 4.79 Å². The van der Waals surface area contributed by atoms with Crippen LogP contribution in [0.5, 0.6) is 0 Å². The van der Waals surface area contributed by atoms with E-state index in [1.165, 1.54) is 0 Å². The second kappa shape index (κ2) is 9.51. The fraction of sp³-hybridized carbons (Fsp3) is 0.308. The predicted octanol–water partition coefficient (Wildman–Crippen LogP) is 4.87. The SMILES string of the molecule is Cc1ccccc1NC(=O)N1CCCC(C(C)Nc2nccc(-n3cnc4ccccc43)n2)C1. The lowest BCUT2D eigenvalue weighted by Gasteiger charge is -2.36. The Labute approximate surface area is 199 Å². The molecule has 1 aliphatic rings. The number of benzene rings is 2. The van der Waals surface area contributed by atoms with Gasteiger partial charge in [0.15, 0.2) is 0 Å². The molecule has 8 nitrogen and oxygen atoms in total. The second-order valence-electron chi connectivity index (χ2n) is 8.87. The quantitative estimate of drug-likeness (QED) is 0.448. The maximum Gasteiger partial charge on any atom is 0.321 e. The number of hydrogen-bond donors (Lipinski definition) is 2. The zero-order chi connectivity index (χ0) is 23.5. The number of rotatable bonds is 5. The van der Waals surface area contributed by atoms with E-state index in [1.54, 1.807) is 12.5 Å². The van der Waals surface area contributed by atoms with Gasteiger partial charge in [0.2, 0.25) is 5.95 Å². The number of carbonyl (C=O) groups is 1. The van der Waals surface area contributed by atoms with E-state index in [-0.39, 0.29) is 12.1 Å². The highest BCUT2D eigenvalue weighted by Crippen LogP contribution is 2.24. The molecule has 1 aliphatic heterocycles. The van der Waals surface area contributed by atoms with Crippen LogP contribution in [0.4, 0.5) is 16.4 Å². The van der Waals surface area contributed by atoms with Crippen LogP contribution in [0.1, 0.15) is 25.3 Å². The molecule has 174 valence electrons. The Kier molecular flexibility index (Phi) is 6.12. The second-order valence-corrected chi connectivity index (χ2v) is 8.87. The fourth-order valence-electron chi connectivity index (χ4n) is 4.53. The number of amides is 2. The normalized spacial score (nSPS) is 16.9. The summed E-state index contributed by atoms with van der Waals surface area (Å²) in [7, 11) is 0. The number of fused-ring (bicyclic) bond motifs is 1. The molecular formula is C26H29N7O. The van der Waals surface area contributed by atoms with E-state index >= 15 is 0 Å². The summed E-state index contributed by atoms with van der Waals surface area (Å²) < 4.78 is 1.96. The summed E-state index contributed by atoms with van der Waals surface area (Å²) >= 11 is 0. The lowest BCUT2D eigenvalue weighted by atomic mass is 9.92. The number of aromatic nitrogens is 4. The number of aryl methyl sites for hydroxylation is 1. The lowest BCUT2D eigenvalue weighted by Crippen LogP contribution is -2.46.